The summed E-state index contributed by atoms with van der Waals surface area (Å²) in [7, 11) is 0. The molecule has 0 fully saturated rings. The fraction of sp³-hybridized carbons (Fsp3) is 0.167. The zero-order valence-corrected chi connectivity index (χ0v) is 16.1. The third-order valence-corrected chi connectivity index (χ3v) is 6.37. The van der Waals surface area contributed by atoms with Crippen LogP contribution in [-0.4, -0.2) is 33.1 Å². The standard InChI is InChI=1S/C24H19N3O3/c28-12-13-8-9-27-11-18(16-6-3-5-14(13)22(16)27)21-20(23(29)26-24(21)30)17-10-25-19-7-2-1-4-15(17)19/h1-7,10-11,13,25,28H,8-9,12H2,(H,26,29,30). The van der Waals surface area contributed by atoms with Crippen molar-refractivity contribution in [1.82, 2.24) is 14.9 Å². The lowest BCUT2D eigenvalue weighted by molar-refractivity contribution is -0.122. The first-order valence-electron chi connectivity index (χ1n) is 10.1. The van der Waals surface area contributed by atoms with Crippen LogP contribution in [0.2, 0.25) is 0 Å². The van der Waals surface area contributed by atoms with Crippen molar-refractivity contribution in [3.63, 3.8) is 0 Å². The van der Waals surface area contributed by atoms with Gasteiger partial charge in [0, 0.05) is 52.3 Å². The fourth-order valence-corrected chi connectivity index (χ4v) is 4.98. The summed E-state index contributed by atoms with van der Waals surface area (Å²) in [4.78, 5) is 29.0. The van der Waals surface area contributed by atoms with Crippen molar-refractivity contribution < 1.29 is 14.7 Å². The number of hydrogen-bond donors (Lipinski definition) is 3. The lowest BCUT2D eigenvalue weighted by Crippen LogP contribution is -2.22. The summed E-state index contributed by atoms with van der Waals surface area (Å²) in [6.45, 7) is 0.867. The zero-order valence-electron chi connectivity index (χ0n) is 16.1. The molecule has 3 N–H and O–H groups in total. The summed E-state index contributed by atoms with van der Waals surface area (Å²) >= 11 is 0. The van der Waals surface area contributed by atoms with E-state index in [1.165, 1.54) is 0 Å². The molecule has 2 aliphatic heterocycles. The highest BCUT2D eigenvalue weighted by molar-refractivity contribution is 6.50. The first-order chi connectivity index (χ1) is 14.7. The van der Waals surface area contributed by atoms with Crippen LogP contribution in [0.5, 0.6) is 0 Å². The highest BCUT2D eigenvalue weighted by Gasteiger charge is 2.36. The molecule has 1 atom stereocenters. The number of H-pyrrole nitrogens is 1. The van der Waals surface area contributed by atoms with Gasteiger partial charge in [0.05, 0.1) is 23.3 Å². The second-order valence-corrected chi connectivity index (χ2v) is 7.93. The molecule has 1 unspecified atom stereocenters. The molecule has 2 aliphatic rings. The maximum Gasteiger partial charge on any atom is 0.259 e. The average molecular weight is 397 g/mol. The highest BCUT2D eigenvalue weighted by Crippen LogP contribution is 2.41. The Hall–Kier alpha value is -3.64. The molecular formula is C24H19N3O3. The number of benzene rings is 2. The van der Waals surface area contributed by atoms with Crippen molar-refractivity contribution in [2.45, 2.75) is 18.9 Å². The molecule has 0 aliphatic carbocycles. The van der Waals surface area contributed by atoms with E-state index in [1.807, 2.05) is 48.7 Å². The maximum absolute atomic E-state index is 12.9. The van der Waals surface area contributed by atoms with Crippen LogP contribution in [0.25, 0.3) is 33.0 Å². The van der Waals surface area contributed by atoms with E-state index in [0.717, 1.165) is 51.5 Å². The lowest BCUT2D eigenvalue weighted by Gasteiger charge is -2.23. The number of aromatic amines is 1. The number of carbonyl (C=O) groups excluding carboxylic acids is 2. The molecular weight excluding hydrogens is 378 g/mol. The van der Waals surface area contributed by atoms with Gasteiger partial charge in [0.15, 0.2) is 0 Å². The molecule has 0 radical (unpaired) electrons. The van der Waals surface area contributed by atoms with Gasteiger partial charge < -0.3 is 14.7 Å². The predicted molar refractivity (Wildman–Crippen MR) is 115 cm³/mol. The van der Waals surface area contributed by atoms with Gasteiger partial charge in [-0.3, -0.25) is 14.9 Å². The second kappa shape index (κ2) is 6.18. The number of amides is 2. The van der Waals surface area contributed by atoms with Crippen LogP contribution < -0.4 is 5.32 Å². The minimum absolute atomic E-state index is 0.0880. The van der Waals surface area contributed by atoms with Gasteiger partial charge in [0.1, 0.15) is 0 Å². The Morgan fingerprint density at radius 2 is 1.73 bits per heavy atom. The molecule has 2 aromatic carbocycles. The number of aliphatic hydroxyl groups excluding tert-OH is 1. The normalized spacial score (nSPS) is 18.6. The van der Waals surface area contributed by atoms with Crippen molar-refractivity contribution in [2.24, 2.45) is 0 Å². The molecule has 0 bridgehead atoms. The number of nitrogens with one attached hydrogen (secondary N) is 2. The van der Waals surface area contributed by atoms with Crippen LogP contribution in [0.15, 0.2) is 54.9 Å². The van der Waals surface area contributed by atoms with E-state index >= 15 is 0 Å². The molecule has 0 saturated heterocycles. The van der Waals surface area contributed by atoms with Gasteiger partial charge in [0.25, 0.3) is 11.8 Å². The first kappa shape index (κ1) is 17.2. The summed E-state index contributed by atoms with van der Waals surface area (Å²) in [6, 6.07) is 13.7. The van der Waals surface area contributed by atoms with Gasteiger partial charge in [-0.25, -0.2) is 0 Å². The van der Waals surface area contributed by atoms with Crippen LogP contribution in [0, 0.1) is 0 Å². The van der Waals surface area contributed by atoms with E-state index in [9.17, 15) is 14.7 Å². The van der Waals surface area contributed by atoms with E-state index in [0.29, 0.717) is 11.1 Å². The van der Waals surface area contributed by atoms with Crippen molar-refractivity contribution in [1.29, 1.82) is 0 Å². The number of imide groups is 1. The number of para-hydroxylation sites is 2. The third kappa shape index (κ3) is 2.22. The molecule has 0 spiro atoms. The van der Waals surface area contributed by atoms with Crippen LogP contribution in [0.3, 0.4) is 0 Å². The number of hydrogen-bond acceptors (Lipinski definition) is 3. The van der Waals surface area contributed by atoms with Gasteiger partial charge in [-0.2, -0.15) is 0 Å². The maximum atomic E-state index is 12.9. The topological polar surface area (TPSA) is 87.1 Å². The van der Waals surface area contributed by atoms with Crippen LogP contribution >= 0.6 is 0 Å². The summed E-state index contributed by atoms with van der Waals surface area (Å²) < 4.78 is 2.14. The average Bonchev–Trinajstić information content (AvgIpc) is 3.42. The number of carbonyl (C=O) groups is 2. The summed E-state index contributed by atoms with van der Waals surface area (Å²) in [5.74, 6) is -0.660. The van der Waals surface area contributed by atoms with Crippen LogP contribution in [0.4, 0.5) is 0 Å². The third-order valence-electron chi connectivity index (χ3n) is 6.37. The van der Waals surface area contributed by atoms with Crippen molar-refractivity contribution in [2.75, 3.05) is 6.61 Å². The van der Waals surface area contributed by atoms with Gasteiger partial charge in [-0.15, -0.1) is 0 Å². The molecule has 4 heterocycles. The fourth-order valence-electron chi connectivity index (χ4n) is 4.98. The first-order valence-corrected chi connectivity index (χ1v) is 10.1. The largest absolute Gasteiger partial charge is 0.396 e. The Bertz CT molecular complexity index is 1410. The quantitative estimate of drug-likeness (QED) is 0.464. The Morgan fingerprint density at radius 1 is 0.967 bits per heavy atom. The van der Waals surface area contributed by atoms with E-state index in [1.54, 1.807) is 6.20 Å². The van der Waals surface area contributed by atoms with Crippen molar-refractivity contribution in [3.05, 3.63) is 71.5 Å². The number of aryl methyl sites for hydroxylation is 1. The monoisotopic (exact) mass is 397 g/mol. The molecule has 4 aromatic rings. The van der Waals surface area contributed by atoms with E-state index < -0.39 is 0 Å². The second-order valence-electron chi connectivity index (χ2n) is 7.93. The number of fused-ring (bicyclic) bond motifs is 1. The Kier molecular flexibility index (Phi) is 3.55. The molecule has 148 valence electrons. The molecule has 6 heteroatoms. The van der Waals surface area contributed by atoms with Gasteiger partial charge in [-0.05, 0) is 18.1 Å². The Morgan fingerprint density at radius 3 is 2.57 bits per heavy atom. The summed E-state index contributed by atoms with van der Waals surface area (Å²) in [5, 5.41) is 14.1. The number of aliphatic hydroxyl groups is 1. The smallest absolute Gasteiger partial charge is 0.259 e. The minimum atomic E-state index is -0.375. The molecule has 30 heavy (non-hydrogen) atoms. The SMILES string of the molecule is O=C1NC(=O)C(c2cn3c4c(cccc24)C(CO)CC3)=C1c1c[nH]c2ccccc12. The Labute approximate surface area is 171 Å². The van der Waals surface area contributed by atoms with E-state index in [-0.39, 0.29) is 24.3 Å². The van der Waals surface area contributed by atoms with Gasteiger partial charge >= 0.3 is 0 Å². The number of nitrogens with zero attached hydrogens (tertiary/aromatic N) is 1. The Balaban J connectivity index is 1.66. The van der Waals surface area contributed by atoms with E-state index in [4.69, 9.17) is 0 Å². The number of aromatic nitrogens is 2. The summed E-state index contributed by atoms with van der Waals surface area (Å²) in [5.41, 5.74) is 5.34. The molecule has 6 rings (SSSR count). The van der Waals surface area contributed by atoms with Crippen molar-refractivity contribution >= 4 is 44.8 Å². The molecule has 2 amide bonds. The minimum Gasteiger partial charge on any atom is -0.396 e. The zero-order chi connectivity index (χ0) is 20.4. The molecule has 2 aromatic heterocycles. The lowest BCUT2D eigenvalue weighted by atomic mass is 9.90. The van der Waals surface area contributed by atoms with Gasteiger partial charge in [-0.1, -0.05) is 36.4 Å². The van der Waals surface area contributed by atoms with Gasteiger partial charge in [0.2, 0.25) is 0 Å². The van der Waals surface area contributed by atoms with Crippen molar-refractivity contribution in [3.8, 4) is 0 Å². The number of rotatable bonds is 3. The van der Waals surface area contributed by atoms with Crippen LogP contribution in [0.1, 0.15) is 29.0 Å². The van der Waals surface area contributed by atoms with E-state index in [2.05, 4.69) is 14.9 Å². The molecule has 6 nitrogen and oxygen atoms in total. The predicted octanol–water partition coefficient (Wildman–Crippen LogP) is 3.17. The summed E-state index contributed by atoms with van der Waals surface area (Å²) in [6.07, 6.45) is 4.61. The highest BCUT2D eigenvalue weighted by atomic mass is 16.3. The molecule has 0 saturated carbocycles. The van der Waals surface area contributed by atoms with Crippen LogP contribution in [-0.2, 0) is 16.1 Å².